The van der Waals surface area contributed by atoms with Gasteiger partial charge >= 0.3 is 0 Å². The summed E-state index contributed by atoms with van der Waals surface area (Å²) in [5.74, 6) is -0.0764. The monoisotopic (exact) mass is 398 g/mol. The second-order valence-electron chi connectivity index (χ2n) is 5.89. The zero-order chi connectivity index (χ0) is 18.0. The summed E-state index contributed by atoms with van der Waals surface area (Å²) in [6.07, 6.45) is 2.15. The summed E-state index contributed by atoms with van der Waals surface area (Å²) in [6, 6.07) is 8.74. The highest BCUT2D eigenvalue weighted by atomic mass is 35.5. The van der Waals surface area contributed by atoms with Crippen LogP contribution >= 0.6 is 22.9 Å². The molecule has 0 bridgehead atoms. The van der Waals surface area contributed by atoms with Crippen LogP contribution in [0.5, 0.6) is 0 Å². The van der Waals surface area contributed by atoms with Gasteiger partial charge in [0.05, 0.1) is 20.7 Å². The smallest absolute Gasteiger partial charge is 0.265 e. The first-order valence-corrected chi connectivity index (χ1v) is 10.9. The minimum atomic E-state index is -3.29. The maximum Gasteiger partial charge on any atom is 0.265 e. The van der Waals surface area contributed by atoms with Crippen molar-refractivity contribution in [2.45, 2.75) is 26.2 Å². The number of amides is 1. The molecule has 25 heavy (non-hydrogen) atoms. The number of sulfonamides is 1. The molecule has 0 fully saturated rings. The fourth-order valence-electron chi connectivity index (χ4n) is 2.93. The van der Waals surface area contributed by atoms with Crippen LogP contribution in [0.1, 0.15) is 35.0 Å². The largest absolute Gasteiger partial charge is 0.321 e. The summed E-state index contributed by atoms with van der Waals surface area (Å²) in [5, 5.41) is 2.85. The zero-order valence-corrected chi connectivity index (χ0v) is 16.2. The van der Waals surface area contributed by atoms with Crippen LogP contribution in [0.2, 0.25) is 4.34 Å². The number of benzene rings is 1. The summed E-state index contributed by atoms with van der Waals surface area (Å²) in [4.78, 5) is 12.8. The number of thiophene rings is 1. The predicted molar refractivity (Wildman–Crippen MR) is 103 cm³/mol. The number of anilines is 2. The van der Waals surface area contributed by atoms with E-state index in [1.165, 1.54) is 15.6 Å². The molecule has 0 saturated heterocycles. The van der Waals surface area contributed by atoms with E-state index in [2.05, 4.69) is 5.32 Å². The number of nitrogens with one attached hydrogen (secondary N) is 1. The third-order valence-corrected chi connectivity index (χ3v) is 7.21. The van der Waals surface area contributed by atoms with Crippen LogP contribution in [0.25, 0.3) is 0 Å². The number of halogens is 1. The Bertz CT molecular complexity index is 893. The summed E-state index contributed by atoms with van der Waals surface area (Å²) < 4.78 is 26.9. The average molecular weight is 399 g/mol. The van der Waals surface area contributed by atoms with E-state index in [4.69, 9.17) is 11.6 Å². The molecule has 0 unspecified atom stereocenters. The predicted octanol–water partition coefficient (Wildman–Crippen LogP) is 4.15. The molecule has 1 N–H and O–H groups in total. The van der Waals surface area contributed by atoms with Gasteiger partial charge in [-0.15, -0.1) is 11.3 Å². The van der Waals surface area contributed by atoms with Crippen LogP contribution in [0.3, 0.4) is 0 Å². The normalized spacial score (nSPS) is 14.2. The van der Waals surface area contributed by atoms with E-state index in [0.29, 0.717) is 27.9 Å². The minimum absolute atomic E-state index is 0.143. The first-order valence-electron chi connectivity index (χ1n) is 8.11. The van der Waals surface area contributed by atoms with Crippen molar-refractivity contribution in [2.75, 3.05) is 21.9 Å². The van der Waals surface area contributed by atoms with Crippen LogP contribution in [-0.4, -0.2) is 26.6 Å². The van der Waals surface area contributed by atoms with Crippen molar-refractivity contribution in [3.8, 4) is 0 Å². The highest BCUT2D eigenvalue weighted by Crippen LogP contribution is 2.32. The van der Waals surface area contributed by atoms with Gasteiger partial charge in [0, 0.05) is 12.2 Å². The molecule has 8 heteroatoms. The van der Waals surface area contributed by atoms with Gasteiger partial charge < -0.3 is 5.32 Å². The first kappa shape index (κ1) is 18.2. The topological polar surface area (TPSA) is 66.5 Å². The number of hydrogen-bond donors (Lipinski definition) is 1. The molecule has 2 aromatic rings. The van der Waals surface area contributed by atoms with E-state index in [0.717, 1.165) is 24.1 Å². The maximum absolute atomic E-state index is 12.4. The van der Waals surface area contributed by atoms with E-state index in [1.54, 1.807) is 24.3 Å². The van der Waals surface area contributed by atoms with E-state index in [1.807, 2.05) is 13.0 Å². The Labute approximate surface area is 156 Å². The van der Waals surface area contributed by atoms with Gasteiger partial charge in [0.2, 0.25) is 10.0 Å². The van der Waals surface area contributed by atoms with E-state index >= 15 is 0 Å². The molecule has 134 valence electrons. The molecule has 0 radical (unpaired) electrons. The van der Waals surface area contributed by atoms with Crippen LogP contribution in [-0.2, 0) is 16.4 Å². The Balaban J connectivity index is 1.83. The molecular weight excluding hydrogens is 380 g/mol. The molecule has 0 atom stereocenters. The minimum Gasteiger partial charge on any atom is -0.321 e. The highest BCUT2D eigenvalue weighted by molar-refractivity contribution is 7.92. The van der Waals surface area contributed by atoms with Crippen molar-refractivity contribution in [3.05, 3.63) is 45.1 Å². The number of fused-ring (bicyclic) bond motifs is 1. The van der Waals surface area contributed by atoms with Crippen molar-refractivity contribution >= 4 is 50.2 Å². The lowest BCUT2D eigenvalue weighted by Crippen LogP contribution is -2.37. The summed E-state index contributed by atoms with van der Waals surface area (Å²) >= 11 is 7.08. The molecule has 0 saturated carbocycles. The SMILES string of the molecule is CCCS(=O)(=O)N1CCCc2cc(NC(=O)c3ccc(Cl)s3)ccc21. The molecule has 0 spiro atoms. The third-order valence-electron chi connectivity index (χ3n) is 4.01. The molecule has 3 rings (SSSR count). The number of aryl methyl sites for hydroxylation is 1. The quantitative estimate of drug-likeness (QED) is 0.822. The third kappa shape index (κ3) is 3.99. The number of carbonyl (C=O) groups excluding carboxylic acids is 1. The van der Waals surface area contributed by atoms with Crippen LogP contribution < -0.4 is 9.62 Å². The number of rotatable bonds is 5. The van der Waals surface area contributed by atoms with Gasteiger partial charge in [-0.2, -0.15) is 0 Å². The van der Waals surface area contributed by atoms with Gasteiger partial charge in [0.25, 0.3) is 5.91 Å². The fourth-order valence-corrected chi connectivity index (χ4v) is 5.49. The Morgan fingerprint density at radius 3 is 2.80 bits per heavy atom. The number of carbonyl (C=O) groups is 1. The molecule has 1 aliphatic heterocycles. The standard InChI is InChI=1S/C17H19ClN2O3S2/c1-2-10-25(22,23)20-9-3-4-12-11-13(5-6-14(12)20)19-17(21)15-7-8-16(18)24-15/h5-8,11H,2-4,9-10H2,1H3,(H,19,21). The van der Waals surface area contributed by atoms with Gasteiger partial charge in [-0.05, 0) is 55.2 Å². The van der Waals surface area contributed by atoms with Gasteiger partial charge in [0.15, 0.2) is 0 Å². The maximum atomic E-state index is 12.4. The van der Waals surface area contributed by atoms with Crippen molar-refractivity contribution in [1.29, 1.82) is 0 Å². The first-order chi connectivity index (χ1) is 11.9. The average Bonchev–Trinajstić information content (AvgIpc) is 3.00. The zero-order valence-electron chi connectivity index (χ0n) is 13.8. The molecule has 1 aliphatic rings. The van der Waals surface area contributed by atoms with E-state index < -0.39 is 10.0 Å². The van der Waals surface area contributed by atoms with E-state index in [-0.39, 0.29) is 11.7 Å². The molecule has 1 amide bonds. The van der Waals surface area contributed by atoms with Crippen LogP contribution in [0.4, 0.5) is 11.4 Å². The second-order valence-corrected chi connectivity index (χ2v) is 9.62. The van der Waals surface area contributed by atoms with Crippen molar-refractivity contribution in [2.24, 2.45) is 0 Å². The molecule has 1 aromatic carbocycles. The van der Waals surface area contributed by atoms with Crippen molar-refractivity contribution in [1.82, 2.24) is 0 Å². The van der Waals surface area contributed by atoms with Gasteiger partial charge in [0.1, 0.15) is 0 Å². The fraction of sp³-hybridized carbons (Fsp3) is 0.353. The Morgan fingerprint density at radius 1 is 1.32 bits per heavy atom. The Morgan fingerprint density at radius 2 is 2.12 bits per heavy atom. The van der Waals surface area contributed by atoms with E-state index in [9.17, 15) is 13.2 Å². The lowest BCUT2D eigenvalue weighted by Gasteiger charge is -2.30. The summed E-state index contributed by atoms with van der Waals surface area (Å²) in [6.45, 7) is 2.37. The lowest BCUT2D eigenvalue weighted by molar-refractivity contribution is 0.103. The summed E-state index contributed by atoms with van der Waals surface area (Å²) in [7, 11) is -3.29. The van der Waals surface area contributed by atoms with Crippen molar-refractivity contribution < 1.29 is 13.2 Å². The van der Waals surface area contributed by atoms with Crippen LogP contribution in [0.15, 0.2) is 30.3 Å². The Hall–Kier alpha value is -1.57. The Kier molecular flexibility index (Phi) is 5.36. The van der Waals surface area contributed by atoms with Gasteiger partial charge in [-0.25, -0.2) is 8.42 Å². The molecule has 1 aromatic heterocycles. The second kappa shape index (κ2) is 7.35. The van der Waals surface area contributed by atoms with Gasteiger partial charge in [-0.1, -0.05) is 18.5 Å². The molecular formula is C17H19ClN2O3S2. The highest BCUT2D eigenvalue weighted by Gasteiger charge is 2.27. The molecule has 5 nitrogen and oxygen atoms in total. The number of nitrogens with zero attached hydrogens (tertiary/aromatic N) is 1. The molecule has 0 aliphatic carbocycles. The number of hydrogen-bond acceptors (Lipinski definition) is 4. The van der Waals surface area contributed by atoms with Gasteiger partial charge in [-0.3, -0.25) is 9.10 Å². The lowest BCUT2D eigenvalue weighted by atomic mass is 10.0. The van der Waals surface area contributed by atoms with Crippen molar-refractivity contribution in [3.63, 3.8) is 0 Å². The summed E-state index contributed by atoms with van der Waals surface area (Å²) in [5.41, 5.74) is 2.31. The van der Waals surface area contributed by atoms with Crippen LogP contribution in [0, 0.1) is 0 Å². The molecule has 2 heterocycles.